The molecule has 0 spiro atoms. The third kappa shape index (κ3) is 5.21. The van der Waals surface area contributed by atoms with Gasteiger partial charge in [-0.1, -0.05) is 36.6 Å². The van der Waals surface area contributed by atoms with Gasteiger partial charge in [-0.15, -0.1) is 0 Å². The molecule has 1 aromatic rings. The molecule has 0 aliphatic heterocycles. The highest BCUT2D eigenvalue weighted by atomic mass is 35.5. The lowest BCUT2D eigenvalue weighted by molar-refractivity contribution is -0.122. The number of rotatable bonds is 7. The maximum atomic E-state index is 11.7. The number of nitrogens with one attached hydrogen (secondary N) is 1. The lowest BCUT2D eigenvalue weighted by atomic mass is 10.0. The van der Waals surface area contributed by atoms with Gasteiger partial charge < -0.3 is 15.2 Å². The zero-order chi connectivity index (χ0) is 15.1. The quantitative estimate of drug-likeness (QED) is 0.761. The Morgan fingerprint density at radius 3 is 2.76 bits per heavy atom. The molecule has 21 heavy (non-hydrogen) atoms. The van der Waals surface area contributed by atoms with E-state index in [2.05, 4.69) is 5.32 Å². The van der Waals surface area contributed by atoms with Crippen molar-refractivity contribution in [1.82, 2.24) is 5.32 Å². The van der Waals surface area contributed by atoms with Gasteiger partial charge in [-0.05, 0) is 31.4 Å². The van der Waals surface area contributed by atoms with Crippen LogP contribution in [0.25, 0.3) is 0 Å². The van der Waals surface area contributed by atoms with E-state index in [4.69, 9.17) is 16.3 Å². The molecule has 1 aliphatic rings. The largest absolute Gasteiger partial charge is 0.492 e. The van der Waals surface area contributed by atoms with Crippen LogP contribution in [0.2, 0.25) is 5.02 Å². The van der Waals surface area contributed by atoms with Crippen LogP contribution >= 0.6 is 11.6 Å². The van der Waals surface area contributed by atoms with E-state index < -0.39 is 5.60 Å². The summed E-state index contributed by atoms with van der Waals surface area (Å²) < 4.78 is 5.52. The van der Waals surface area contributed by atoms with Gasteiger partial charge >= 0.3 is 0 Å². The number of hydrogen-bond donors (Lipinski definition) is 2. The summed E-state index contributed by atoms with van der Waals surface area (Å²) in [5.74, 6) is 0.595. The molecule has 116 valence electrons. The van der Waals surface area contributed by atoms with Gasteiger partial charge in [-0.2, -0.15) is 0 Å². The zero-order valence-electron chi connectivity index (χ0n) is 12.1. The fraction of sp³-hybridized carbons (Fsp3) is 0.562. The Bertz CT molecular complexity index is 472. The van der Waals surface area contributed by atoms with Crippen molar-refractivity contribution in [1.29, 1.82) is 0 Å². The van der Waals surface area contributed by atoms with Gasteiger partial charge in [-0.3, -0.25) is 4.79 Å². The smallest absolute Gasteiger partial charge is 0.220 e. The number of hydrogen-bond acceptors (Lipinski definition) is 3. The maximum Gasteiger partial charge on any atom is 0.220 e. The van der Waals surface area contributed by atoms with Gasteiger partial charge in [-0.25, -0.2) is 0 Å². The van der Waals surface area contributed by atoms with Crippen LogP contribution < -0.4 is 10.1 Å². The Morgan fingerprint density at radius 2 is 2.05 bits per heavy atom. The van der Waals surface area contributed by atoms with Crippen LogP contribution in [0.5, 0.6) is 5.75 Å². The van der Waals surface area contributed by atoms with Crippen LogP contribution in [-0.4, -0.2) is 29.8 Å². The molecule has 0 aromatic heterocycles. The fourth-order valence-electron chi connectivity index (χ4n) is 2.54. The average molecular weight is 312 g/mol. The first kappa shape index (κ1) is 16.1. The second-order valence-electron chi connectivity index (χ2n) is 5.59. The summed E-state index contributed by atoms with van der Waals surface area (Å²) in [5.41, 5.74) is -0.691. The van der Waals surface area contributed by atoms with Crippen molar-refractivity contribution >= 4 is 17.5 Å². The molecule has 2 rings (SSSR count). The standard InChI is InChI=1S/C16H22ClNO3/c17-13-6-1-2-7-14(13)21-11-5-8-15(19)18-12-16(20)9-3-4-10-16/h1-2,6-7,20H,3-5,8-12H2,(H,18,19). The van der Waals surface area contributed by atoms with Gasteiger partial charge in [0.2, 0.25) is 5.91 Å². The monoisotopic (exact) mass is 311 g/mol. The lowest BCUT2D eigenvalue weighted by Crippen LogP contribution is -2.40. The Hall–Kier alpha value is -1.26. The minimum absolute atomic E-state index is 0.0434. The third-order valence-electron chi connectivity index (χ3n) is 3.79. The SMILES string of the molecule is O=C(CCCOc1ccccc1Cl)NCC1(O)CCCC1. The second kappa shape index (κ2) is 7.66. The Balaban J connectivity index is 1.60. The number of para-hydroxylation sites is 1. The van der Waals surface area contributed by atoms with E-state index in [9.17, 15) is 9.90 Å². The fourth-order valence-corrected chi connectivity index (χ4v) is 2.73. The Kier molecular flexibility index (Phi) is 5.88. The predicted octanol–water partition coefficient (Wildman–Crippen LogP) is 2.92. The van der Waals surface area contributed by atoms with Crippen LogP contribution in [-0.2, 0) is 4.79 Å². The van der Waals surface area contributed by atoms with E-state index >= 15 is 0 Å². The van der Waals surface area contributed by atoms with Crippen LogP contribution in [0.3, 0.4) is 0 Å². The minimum Gasteiger partial charge on any atom is -0.492 e. The van der Waals surface area contributed by atoms with Crippen molar-refractivity contribution in [2.45, 2.75) is 44.1 Å². The van der Waals surface area contributed by atoms with Crippen molar-refractivity contribution in [2.75, 3.05) is 13.2 Å². The first-order chi connectivity index (χ1) is 10.1. The molecule has 1 saturated carbocycles. The van der Waals surface area contributed by atoms with Crippen molar-refractivity contribution in [3.63, 3.8) is 0 Å². The van der Waals surface area contributed by atoms with Gasteiger partial charge in [0.25, 0.3) is 0 Å². The summed E-state index contributed by atoms with van der Waals surface area (Å²) in [6.45, 7) is 0.804. The molecule has 0 heterocycles. The first-order valence-corrected chi connectivity index (χ1v) is 7.83. The van der Waals surface area contributed by atoms with E-state index in [1.54, 1.807) is 12.1 Å². The number of aliphatic hydroxyl groups is 1. The summed E-state index contributed by atoms with van der Waals surface area (Å²) in [6, 6.07) is 7.27. The molecule has 5 heteroatoms. The van der Waals surface area contributed by atoms with Gasteiger partial charge in [0.05, 0.1) is 17.2 Å². The lowest BCUT2D eigenvalue weighted by Gasteiger charge is -2.22. The Morgan fingerprint density at radius 1 is 1.33 bits per heavy atom. The van der Waals surface area contributed by atoms with Crippen molar-refractivity contribution in [3.8, 4) is 5.75 Å². The topological polar surface area (TPSA) is 58.6 Å². The molecule has 0 unspecified atom stereocenters. The average Bonchev–Trinajstić information content (AvgIpc) is 2.90. The van der Waals surface area contributed by atoms with Crippen LogP contribution in [0.15, 0.2) is 24.3 Å². The van der Waals surface area contributed by atoms with E-state index in [0.717, 1.165) is 25.7 Å². The molecule has 1 amide bonds. The number of carbonyl (C=O) groups is 1. The molecule has 2 N–H and O–H groups in total. The number of ether oxygens (including phenoxy) is 1. The minimum atomic E-state index is -0.691. The number of carbonyl (C=O) groups excluding carboxylic acids is 1. The van der Waals surface area contributed by atoms with Crippen molar-refractivity contribution in [2.24, 2.45) is 0 Å². The van der Waals surface area contributed by atoms with Crippen molar-refractivity contribution < 1.29 is 14.6 Å². The molecular formula is C16H22ClNO3. The normalized spacial score (nSPS) is 16.7. The number of amides is 1. The molecule has 4 nitrogen and oxygen atoms in total. The highest BCUT2D eigenvalue weighted by molar-refractivity contribution is 6.32. The van der Waals surface area contributed by atoms with Gasteiger partial charge in [0.1, 0.15) is 5.75 Å². The van der Waals surface area contributed by atoms with Gasteiger partial charge in [0.15, 0.2) is 0 Å². The molecule has 0 bridgehead atoms. The molecule has 0 radical (unpaired) electrons. The van der Waals surface area contributed by atoms with E-state index in [0.29, 0.717) is 36.8 Å². The molecule has 1 fully saturated rings. The molecular weight excluding hydrogens is 290 g/mol. The summed E-state index contributed by atoms with van der Waals surface area (Å²) in [4.78, 5) is 11.7. The summed E-state index contributed by atoms with van der Waals surface area (Å²) in [7, 11) is 0. The zero-order valence-corrected chi connectivity index (χ0v) is 12.9. The van der Waals surface area contributed by atoms with Crippen LogP contribution in [0, 0.1) is 0 Å². The molecule has 1 aliphatic carbocycles. The Labute approximate surface area is 130 Å². The predicted molar refractivity (Wildman–Crippen MR) is 82.6 cm³/mol. The second-order valence-corrected chi connectivity index (χ2v) is 6.00. The van der Waals surface area contributed by atoms with Gasteiger partial charge in [0, 0.05) is 13.0 Å². The van der Waals surface area contributed by atoms with E-state index in [1.807, 2.05) is 12.1 Å². The summed E-state index contributed by atoms with van der Waals surface area (Å²) in [5, 5.41) is 13.5. The summed E-state index contributed by atoms with van der Waals surface area (Å²) in [6.07, 6.45) is 4.65. The molecule has 0 saturated heterocycles. The number of halogens is 1. The number of benzene rings is 1. The van der Waals surface area contributed by atoms with Crippen molar-refractivity contribution in [3.05, 3.63) is 29.3 Å². The van der Waals surface area contributed by atoms with Crippen LogP contribution in [0.1, 0.15) is 38.5 Å². The van der Waals surface area contributed by atoms with E-state index in [1.165, 1.54) is 0 Å². The highest BCUT2D eigenvalue weighted by Gasteiger charge is 2.31. The first-order valence-electron chi connectivity index (χ1n) is 7.45. The summed E-state index contributed by atoms with van der Waals surface area (Å²) >= 11 is 5.97. The highest BCUT2D eigenvalue weighted by Crippen LogP contribution is 2.28. The van der Waals surface area contributed by atoms with Crippen LogP contribution in [0.4, 0.5) is 0 Å². The maximum absolute atomic E-state index is 11.7. The van der Waals surface area contributed by atoms with E-state index in [-0.39, 0.29) is 5.91 Å². The molecule has 1 aromatic carbocycles. The molecule has 0 atom stereocenters. The third-order valence-corrected chi connectivity index (χ3v) is 4.10.